The van der Waals surface area contributed by atoms with Crippen LogP contribution in [0.25, 0.3) is 0 Å². The van der Waals surface area contributed by atoms with Gasteiger partial charge < -0.3 is 14.4 Å². The summed E-state index contributed by atoms with van der Waals surface area (Å²) in [7, 11) is -4.24. The molecule has 1 amide bonds. The second-order valence-corrected chi connectivity index (χ2v) is 8.14. The average molecular weight is 417 g/mol. The van der Waals surface area contributed by atoms with Crippen LogP contribution in [0.4, 0.5) is 20.6 Å². The van der Waals surface area contributed by atoms with Crippen molar-refractivity contribution in [2.75, 3.05) is 36.0 Å². The molecule has 0 radical (unpaired) electrons. The Balaban J connectivity index is 1.71. The van der Waals surface area contributed by atoms with Crippen LogP contribution in [0.2, 0.25) is 0 Å². The van der Waals surface area contributed by atoms with E-state index in [1.807, 2.05) is 0 Å². The van der Waals surface area contributed by atoms with Crippen molar-refractivity contribution in [3.8, 4) is 0 Å². The predicted octanol–water partition coefficient (Wildman–Crippen LogP) is 0.336. The molecule has 3 rings (SSSR count). The van der Waals surface area contributed by atoms with Crippen molar-refractivity contribution in [1.29, 1.82) is 0 Å². The molecule has 3 atom stereocenters. The fourth-order valence-corrected chi connectivity index (χ4v) is 3.32. The molecule has 2 aliphatic rings. The van der Waals surface area contributed by atoms with Crippen LogP contribution in [0.15, 0.2) is 18.2 Å². The van der Waals surface area contributed by atoms with Gasteiger partial charge in [-0.2, -0.15) is 8.42 Å². The third kappa shape index (κ3) is 4.24. The Bertz CT molecular complexity index is 866. The van der Waals surface area contributed by atoms with Crippen molar-refractivity contribution in [2.24, 2.45) is 0 Å². The maximum Gasteiger partial charge on any atom is 0.414 e. The summed E-state index contributed by atoms with van der Waals surface area (Å²) in [6.45, 7) is 1.96. The van der Waals surface area contributed by atoms with Crippen molar-refractivity contribution in [3.63, 3.8) is 0 Å². The Hall–Kier alpha value is -2.28. The standard InChI is InChI=1S/C16H20FN3O7S/c1-10(28(23,24)25)18-7-12-8-20(15(9-21)27-12)11-2-3-14(13(17)6-11)19-4-5-26-16(19)22/h2-3,6,9-10,12,15,18H,4-5,7-8H2,1H3,(H,23,24,25)/t10?,12-,15?/m0/s1. The van der Waals surface area contributed by atoms with Crippen LogP contribution in [0, 0.1) is 5.82 Å². The van der Waals surface area contributed by atoms with E-state index in [-0.39, 0.29) is 31.9 Å². The lowest BCUT2D eigenvalue weighted by molar-refractivity contribution is -0.117. The molecule has 28 heavy (non-hydrogen) atoms. The lowest BCUT2D eigenvalue weighted by atomic mass is 10.2. The normalized spacial score (nSPS) is 23.8. The van der Waals surface area contributed by atoms with Gasteiger partial charge in [-0.1, -0.05) is 0 Å². The Morgan fingerprint density at radius 3 is 2.79 bits per heavy atom. The number of nitrogens with one attached hydrogen (secondary N) is 1. The number of rotatable bonds is 7. The zero-order valence-corrected chi connectivity index (χ0v) is 15.8. The molecule has 2 saturated heterocycles. The Labute approximate surface area is 160 Å². The lowest BCUT2D eigenvalue weighted by Crippen LogP contribution is -2.39. The number of ether oxygens (including phenoxy) is 2. The second kappa shape index (κ2) is 7.99. The number of nitrogens with zero attached hydrogens (tertiary/aromatic N) is 2. The highest BCUT2D eigenvalue weighted by Crippen LogP contribution is 2.30. The van der Waals surface area contributed by atoms with E-state index < -0.39 is 39.7 Å². The molecule has 2 N–H and O–H groups in total. The van der Waals surface area contributed by atoms with Crippen molar-refractivity contribution < 1.29 is 36.4 Å². The maximum atomic E-state index is 14.5. The minimum absolute atomic E-state index is 0.0575. The van der Waals surface area contributed by atoms with Gasteiger partial charge in [-0.05, 0) is 25.1 Å². The number of carbonyl (C=O) groups is 2. The maximum absolute atomic E-state index is 14.5. The summed E-state index contributed by atoms with van der Waals surface area (Å²) in [6.07, 6.45) is -1.61. The highest BCUT2D eigenvalue weighted by molar-refractivity contribution is 7.86. The summed E-state index contributed by atoms with van der Waals surface area (Å²) in [6, 6.07) is 4.17. The fraction of sp³-hybridized carbons (Fsp3) is 0.500. The quantitative estimate of drug-likeness (QED) is 0.477. The summed E-state index contributed by atoms with van der Waals surface area (Å²) < 4.78 is 55.9. The Morgan fingerprint density at radius 2 is 2.21 bits per heavy atom. The van der Waals surface area contributed by atoms with Crippen LogP contribution >= 0.6 is 0 Å². The van der Waals surface area contributed by atoms with Gasteiger partial charge in [0.1, 0.15) is 17.8 Å². The minimum atomic E-state index is -4.24. The van der Waals surface area contributed by atoms with Crippen molar-refractivity contribution >= 4 is 33.9 Å². The number of amides is 1. The van der Waals surface area contributed by atoms with Gasteiger partial charge in [0.15, 0.2) is 12.5 Å². The summed E-state index contributed by atoms with van der Waals surface area (Å²) in [5.41, 5.74) is 0.449. The summed E-state index contributed by atoms with van der Waals surface area (Å²) in [5, 5.41) is 1.41. The van der Waals surface area contributed by atoms with Gasteiger partial charge in [0.25, 0.3) is 10.1 Å². The molecule has 154 valence electrons. The zero-order valence-electron chi connectivity index (χ0n) is 14.9. The first kappa shape index (κ1) is 20.5. The molecular formula is C16H20FN3O7S. The van der Waals surface area contributed by atoms with E-state index in [9.17, 15) is 22.4 Å². The highest BCUT2D eigenvalue weighted by Gasteiger charge is 2.34. The smallest absolute Gasteiger partial charge is 0.414 e. The number of hydrogen-bond acceptors (Lipinski definition) is 8. The van der Waals surface area contributed by atoms with Crippen LogP contribution in [0.5, 0.6) is 0 Å². The zero-order chi connectivity index (χ0) is 20.5. The van der Waals surface area contributed by atoms with Crippen LogP contribution < -0.4 is 15.1 Å². The molecule has 1 aromatic rings. The van der Waals surface area contributed by atoms with Crippen LogP contribution in [0.1, 0.15) is 6.92 Å². The van der Waals surface area contributed by atoms with E-state index in [1.165, 1.54) is 28.9 Å². The lowest BCUT2D eigenvalue weighted by Gasteiger charge is -2.22. The van der Waals surface area contributed by atoms with Gasteiger partial charge in [0.2, 0.25) is 0 Å². The molecule has 0 spiro atoms. The molecular weight excluding hydrogens is 397 g/mol. The number of anilines is 2. The van der Waals surface area contributed by atoms with Crippen LogP contribution in [-0.4, -0.2) is 69.3 Å². The molecule has 10 nitrogen and oxygen atoms in total. The van der Waals surface area contributed by atoms with E-state index in [0.29, 0.717) is 12.0 Å². The first-order chi connectivity index (χ1) is 13.2. The average Bonchev–Trinajstić information content (AvgIpc) is 3.24. The number of aldehydes is 1. The second-order valence-electron chi connectivity index (χ2n) is 6.40. The van der Waals surface area contributed by atoms with Crippen LogP contribution in [0.3, 0.4) is 0 Å². The third-order valence-corrected chi connectivity index (χ3v) is 5.61. The molecule has 0 bridgehead atoms. The monoisotopic (exact) mass is 417 g/mol. The van der Waals surface area contributed by atoms with E-state index in [0.717, 1.165) is 0 Å². The molecule has 12 heteroatoms. The first-order valence-corrected chi connectivity index (χ1v) is 10.0. The molecule has 2 unspecified atom stereocenters. The molecule has 2 fully saturated rings. The molecule has 0 saturated carbocycles. The summed E-state index contributed by atoms with van der Waals surface area (Å²) in [5.74, 6) is -0.650. The number of halogens is 1. The van der Waals surface area contributed by atoms with Gasteiger partial charge in [0.05, 0.1) is 18.3 Å². The van der Waals surface area contributed by atoms with Crippen molar-refractivity contribution in [2.45, 2.75) is 24.6 Å². The van der Waals surface area contributed by atoms with E-state index in [4.69, 9.17) is 14.0 Å². The molecule has 0 aliphatic carbocycles. The van der Waals surface area contributed by atoms with E-state index in [1.54, 1.807) is 6.07 Å². The van der Waals surface area contributed by atoms with Gasteiger partial charge in [0, 0.05) is 18.8 Å². The van der Waals surface area contributed by atoms with Gasteiger partial charge in [-0.25, -0.2) is 9.18 Å². The summed E-state index contributed by atoms with van der Waals surface area (Å²) in [4.78, 5) is 25.7. The molecule has 1 aromatic carbocycles. The fourth-order valence-electron chi connectivity index (χ4n) is 3.02. The minimum Gasteiger partial charge on any atom is -0.447 e. The summed E-state index contributed by atoms with van der Waals surface area (Å²) >= 11 is 0. The van der Waals surface area contributed by atoms with E-state index in [2.05, 4.69) is 5.32 Å². The molecule has 2 aliphatic heterocycles. The molecule has 2 heterocycles. The van der Waals surface area contributed by atoms with Gasteiger partial charge >= 0.3 is 6.09 Å². The Morgan fingerprint density at radius 1 is 1.46 bits per heavy atom. The van der Waals surface area contributed by atoms with Gasteiger partial charge in [-0.15, -0.1) is 0 Å². The van der Waals surface area contributed by atoms with Crippen molar-refractivity contribution in [1.82, 2.24) is 5.32 Å². The first-order valence-electron chi connectivity index (χ1n) is 8.51. The number of benzene rings is 1. The SMILES string of the molecule is CC(NC[C@H]1CN(c2ccc(N3CCOC3=O)c(F)c2)C(C=O)O1)S(=O)(=O)O. The number of hydrogen-bond donors (Lipinski definition) is 2. The number of cyclic esters (lactones) is 1. The third-order valence-electron chi connectivity index (χ3n) is 4.55. The number of carbonyl (C=O) groups excluding carboxylic acids is 2. The van der Waals surface area contributed by atoms with Crippen molar-refractivity contribution in [3.05, 3.63) is 24.0 Å². The highest BCUT2D eigenvalue weighted by atomic mass is 32.2. The van der Waals surface area contributed by atoms with E-state index >= 15 is 0 Å². The Kier molecular flexibility index (Phi) is 5.84. The predicted molar refractivity (Wildman–Crippen MR) is 96.2 cm³/mol. The topological polar surface area (TPSA) is 125 Å². The van der Waals surface area contributed by atoms with Crippen LogP contribution in [-0.2, 0) is 24.4 Å². The largest absolute Gasteiger partial charge is 0.447 e. The molecule has 0 aromatic heterocycles. The van der Waals surface area contributed by atoms with Gasteiger partial charge in [-0.3, -0.25) is 19.6 Å².